The van der Waals surface area contributed by atoms with Crippen LogP contribution in [-0.4, -0.2) is 64.0 Å². The van der Waals surface area contributed by atoms with Gasteiger partial charge in [0.05, 0.1) is 22.3 Å². The molecule has 0 saturated carbocycles. The molecule has 12 nitrogen and oxygen atoms in total. The lowest BCUT2D eigenvalue weighted by Gasteiger charge is -2.09. The molecule has 14 N–H and O–H groups in total. The van der Waals surface area contributed by atoms with Gasteiger partial charge in [0, 0.05) is 6.54 Å². The second kappa shape index (κ2) is 15.3. The Hall–Kier alpha value is -1.26. The smallest absolute Gasteiger partial charge is 0.394 e. The molecular weight excluding hydrogens is 397 g/mol. The van der Waals surface area contributed by atoms with E-state index in [0.717, 1.165) is 19.0 Å². The van der Waals surface area contributed by atoms with Crippen LogP contribution < -0.4 is 10.6 Å². The normalized spacial score (nSPS) is 11.1. The molecule has 0 aliphatic carbocycles. The first-order valence-corrected chi connectivity index (χ1v) is 7.12. The fourth-order valence-electron chi connectivity index (χ4n) is 1.22. The van der Waals surface area contributed by atoms with E-state index >= 15 is 0 Å². The Morgan fingerprint density at radius 1 is 1.04 bits per heavy atom. The van der Waals surface area contributed by atoms with Crippen molar-refractivity contribution in [3.05, 3.63) is 28.2 Å². The van der Waals surface area contributed by atoms with Gasteiger partial charge in [-0.15, -0.1) is 0 Å². The van der Waals surface area contributed by atoms with Gasteiger partial charge in [-0.05, 0) is 12.1 Å². The van der Waals surface area contributed by atoms with Gasteiger partial charge in [0.25, 0.3) is 0 Å². The van der Waals surface area contributed by atoms with Crippen LogP contribution >= 0.6 is 23.2 Å². The van der Waals surface area contributed by atoms with Crippen molar-refractivity contribution in [1.29, 1.82) is 0 Å². The SMILES string of the molecule is Clc1cccc(Cl)c1NC1=NCCN1.O.O.O.O.O.O=S(=O)(O)O. The highest BCUT2D eigenvalue weighted by atomic mass is 35.5. The summed E-state index contributed by atoms with van der Waals surface area (Å²) < 4.78 is 31.6. The molecule has 0 bridgehead atoms. The van der Waals surface area contributed by atoms with Gasteiger partial charge in [-0.3, -0.25) is 14.1 Å². The Balaban J connectivity index is -0.000000108. The number of rotatable bonds is 1. The minimum absolute atomic E-state index is 0. The molecule has 0 radical (unpaired) electrons. The van der Waals surface area contributed by atoms with Crippen molar-refractivity contribution in [2.75, 3.05) is 18.4 Å². The monoisotopic (exact) mass is 417 g/mol. The van der Waals surface area contributed by atoms with Gasteiger partial charge in [0.15, 0.2) is 5.96 Å². The predicted molar refractivity (Wildman–Crippen MR) is 92.6 cm³/mol. The van der Waals surface area contributed by atoms with Crippen LogP contribution in [0.4, 0.5) is 5.69 Å². The summed E-state index contributed by atoms with van der Waals surface area (Å²) >= 11 is 12.0. The van der Waals surface area contributed by atoms with E-state index in [0.29, 0.717) is 15.7 Å². The molecule has 2 rings (SSSR count). The summed E-state index contributed by atoms with van der Waals surface area (Å²) in [5.41, 5.74) is 0.698. The van der Waals surface area contributed by atoms with Crippen LogP contribution in [0.3, 0.4) is 0 Å². The molecule has 0 aromatic heterocycles. The van der Waals surface area contributed by atoms with Crippen molar-refractivity contribution in [2.45, 2.75) is 0 Å². The number of hydrogen-bond donors (Lipinski definition) is 4. The number of benzene rings is 1. The molecule has 0 fully saturated rings. The third kappa shape index (κ3) is 14.3. The standard InChI is InChI=1S/C9H9Cl2N3.H2O4S.5H2O/c10-6-2-1-3-7(11)8(6)14-9-12-4-5-13-9;1-5(2,3)4;;;;;/h1-3H,4-5H2,(H2,12,13,14);(H2,1,2,3,4);5*1H2. The molecule has 1 aliphatic rings. The number of nitrogens with one attached hydrogen (secondary N) is 2. The summed E-state index contributed by atoms with van der Waals surface area (Å²) in [6.45, 7) is 1.63. The zero-order chi connectivity index (χ0) is 14.5. The Morgan fingerprint density at radius 2 is 1.46 bits per heavy atom. The average molecular weight is 418 g/mol. The van der Waals surface area contributed by atoms with Gasteiger partial charge in [0.2, 0.25) is 0 Å². The number of guanidine groups is 1. The van der Waals surface area contributed by atoms with E-state index in [1.54, 1.807) is 18.2 Å². The van der Waals surface area contributed by atoms with E-state index < -0.39 is 10.4 Å². The number of halogens is 2. The molecule has 0 saturated heterocycles. The molecule has 146 valence electrons. The predicted octanol–water partition coefficient (Wildman–Crippen LogP) is -2.41. The molecule has 1 aromatic carbocycles. The minimum Gasteiger partial charge on any atom is -0.412 e. The largest absolute Gasteiger partial charge is 0.412 e. The van der Waals surface area contributed by atoms with E-state index in [2.05, 4.69) is 15.6 Å². The minimum atomic E-state index is -4.67. The fourth-order valence-corrected chi connectivity index (χ4v) is 1.71. The third-order valence-corrected chi connectivity index (χ3v) is 2.51. The number of para-hydroxylation sites is 1. The summed E-state index contributed by atoms with van der Waals surface area (Å²) in [6.07, 6.45) is 0. The molecule has 15 heteroatoms. The van der Waals surface area contributed by atoms with Crippen LogP contribution in [0.1, 0.15) is 0 Å². The van der Waals surface area contributed by atoms with Gasteiger partial charge in [-0.2, -0.15) is 8.42 Å². The lowest BCUT2D eigenvalue weighted by atomic mass is 10.3. The Kier molecular flexibility index (Phi) is 21.7. The average Bonchev–Trinajstić information content (AvgIpc) is 2.74. The van der Waals surface area contributed by atoms with Crippen LogP contribution in [0, 0.1) is 0 Å². The van der Waals surface area contributed by atoms with Crippen molar-refractivity contribution in [3.8, 4) is 0 Å². The molecule has 24 heavy (non-hydrogen) atoms. The third-order valence-electron chi connectivity index (χ3n) is 1.88. The summed E-state index contributed by atoms with van der Waals surface area (Å²) in [5.74, 6) is 0.722. The summed E-state index contributed by atoms with van der Waals surface area (Å²) in [7, 11) is -4.67. The van der Waals surface area contributed by atoms with Crippen molar-refractivity contribution in [1.82, 2.24) is 5.32 Å². The molecule has 1 aromatic rings. The molecule has 1 heterocycles. The molecule has 0 spiro atoms. The van der Waals surface area contributed by atoms with Gasteiger partial charge in [-0.25, -0.2) is 0 Å². The second-order valence-corrected chi connectivity index (χ2v) is 5.04. The van der Waals surface area contributed by atoms with Crippen molar-refractivity contribution >= 4 is 45.2 Å². The van der Waals surface area contributed by atoms with Gasteiger partial charge in [-0.1, -0.05) is 29.3 Å². The number of anilines is 1. The number of hydrogen-bond acceptors (Lipinski definition) is 5. The van der Waals surface area contributed by atoms with E-state index in [1.165, 1.54) is 0 Å². The Labute approximate surface area is 147 Å². The van der Waals surface area contributed by atoms with Crippen LogP contribution in [-0.2, 0) is 10.4 Å². The molecule has 1 aliphatic heterocycles. The maximum Gasteiger partial charge on any atom is 0.394 e. The first-order valence-electron chi connectivity index (χ1n) is 4.96. The maximum absolute atomic E-state index is 8.74. The highest BCUT2D eigenvalue weighted by molar-refractivity contribution is 7.79. The van der Waals surface area contributed by atoms with Crippen LogP contribution in [0.15, 0.2) is 23.2 Å². The first kappa shape index (κ1) is 34.2. The molecule has 0 unspecified atom stereocenters. The Morgan fingerprint density at radius 3 is 1.79 bits per heavy atom. The Bertz CT molecular complexity index is 557. The fraction of sp³-hybridized carbons (Fsp3) is 0.222. The summed E-state index contributed by atoms with van der Waals surface area (Å²) in [6, 6.07) is 5.37. The zero-order valence-electron chi connectivity index (χ0n) is 12.0. The number of nitrogens with zero attached hydrogens (tertiary/aromatic N) is 1. The summed E-state index contributed by atoms with van der Waals surface area (Å²) in [4.78, 5) is 4.19. The molecule has 0 atom stereocenters. The van der Waals surface area contributed by atoms with Crippen molar-refractivity contribution < 1.29 is 44.9 Å². The van der Waals surface area contributed by atoms with Crippen LogP contribution in [0.25, 0.3) is 0 Å². The highest BCUT2D eigenvalue weighted by Crippen LogP contribution is 2.29. The maximum atomic E-state index is 8.74. The molecular formula is C9H21Cl2N3O9S. The van der Waals surface area contributed by atoms with Crippen LogP contribution in [0.2, 0.25) is 10.0 Å². The van der Waals surface area contributed by atoms with E-state index in [9.17, 15) is 0 Å². The van der Waals surface area contributed by atoms with Crippen molar-refractivity contribution in [3.63, 3.8) is 0 Å². The topological polar surface area (TPSA) is 269 Å². The van der Waals surface area contributed by atoms with Gasteiger partial charge in [0.1, 0.15) is 0 Å². The van der Waals surface area contributed by atoms with E-state index in [1.807, 2.05) is 0 Å². The highest BCUT2D eigenvalue weighted by Gasteiger charge is 2.09. The van der Waals surface area contributed by atoms with Gasteiger partial charge >= 0.3 is 10.4 Å². The van der Waals surface area contributed by atoms with Gasteiger partial charge < -0.3 is 38.0 Å². The molecule has 0 amide bonds. The quantitative estimate of drug-likeness (QED) is 0.360. The van der Waals surface area contributed by atoms with Crippen molar-refractivity contribution in [2.24, 2.45) is 4.99 Å². The summed E-state index contributed by atoms with van der Waals surface area (Å²) in [5, 5.41) is 7.32. The second-order valence-electron chi connectivity index (χ2n) is 3.33. The first-order chi connectivity index (χ1) is 8.77. The van der Waals surface area contributed by atoms with E-state index in [-0.39, 0.29) is 27.4 Å². The number of aliphatic imine (C=N–C) groups is 1. The zero-order valence-corrected chi connectivity index (χ0v) is 14.3. The lowest BCUT2D eigenvalue weighted by Crippen LogP contribution is -2.26. The van der Waals surface area contributed by atoms with E-state index in [4.69, 9.17) is 40.7 Å². The lowest BCUT2D eigenvalue weighted by molar-refractivity contribution is 0.381. The van der Waals surface area contributed by atoms with Crippen LogP contribution in [0.5, 0.6) is 0 Å².